The lowest BCUT2D eigenvalue weighted by atomic mass is 10.3. The molecule has 0 aliphatic rings. The van der Waals surface area contributed by atoms with Crippen molar-refractivity contribution in [1.29, 1.82) is 0 Å². The van der Waals surface area contributed by atoms with E-state index in [1.807, 2.05) is 43.5 Å². The number of aromatic nitrogens is 5. The molecule has 0 radical (unpaired) electrons. The quantitative estimate of drug-likeness (QED) is 0.364. The molecule has 7 nitrogen and oxygen atoms in total. The molecule has 3 aromatic heterocycles. The van der Waals surface area contributed by atoms with Crippen LogP contribution < -0.4 is 5.56 Å². The molecule has 0 aromatic carbocycles. The number of hydrogen-bond acceptors (Lipinski definition) is 6. The van der Waals surface area contributed by atoms with Gasteiger partial charge in [-0.1, -0.05) is 23.9 Å². The third-order valence-electron chi connectivity index (χ3n) is 3.63. The van der Waals surface area contributed by atoms with Crippen molar-refractivity contribution in [2.75, 3.05) is 20.4 Å². The lowest BCUT2D eigenvalue weighted by Crippen LogP contribution is -2.22. The predicted octanol–water partition coefficient (Wildman–Crippen LogP) is 2.37. The summed E-state index contributed by atoms with van der Waals surface area (Å²) in [5, 5.41) is 1.08. The van der Waals surface area contributed by atoms with Crippen LogP contribution in [0.4, 0.5) is 0 Å². The lowest BCUT2D eigenvalue weighted by molar-refractivity contribution is 0.396. The average Bonchev–Trinajstić information content (AvgIpc) is 2.86. The monoisotopic (exact) mass is 392 g/mol. The van der Waals surface area contributed by atoms with E-state index in [9.17, 15) is 4.79 Å². The highest BCUT2D eigenvalue weighted by molar-refractivity contribution is 7.98. The van der Waals surface area contributed by atoms with Crippen LogP contribution in [0.1, 0.15) is 5.69 Å². The molecule has 3 heterocycles. The van der Waals surface area contributed by atoms with Crippen LogP contribution in [0.5, 0.6) is 0 Å². The van der Waals surface area contributed by atoms with Crippen molar-refractivity contribution in [3.63, 3.8) is 0 Å². The minimum Gasteiger partial charge on any atom is -0.304 e. The zero-order chi connectivity index (χ0) is 18.0. The van der Waals surface area contributed by atoms with Crippen molar-refractivity contribution in [2.45, 2.75) is 18.2 Å². The van der Waals surface area contributed by atoms with Gasteiger partial charge in [0.05, 0.1) is 12.2 Å². The van der Waals surface area contributed by atoms with Gasteiger partial charge in [-0.15, -0.1) is 19.0 Å². The summed E-state index contributed by atoms with van der Waals surface area (Å²) in [6, 6.07) is 5.78. The van der Waals surface area contributed by atoms with E-state index in [0.717, 1.165) is 5.69 Å². The normalized spacial score (nSPS) is 10.9. The molecule has 0 aliphatic carbocycles. The maximum atomic E-state index is 12.7. The fourth-order valence-electron chi connectivity index (χ4n) is 2.63. The number of pyridine rings is 1. The smallest absolute Gasteiger partial charge is 0.278 e. The van der Waals surface area contributed by atoms with Crippen molar-refractivity contribution < 1.29 is 0 Å². The first-order valence-electron chi connectivity index (χ1n) is 7.79. The molecule has 9 heteroatoms. The Morgan fingerprint density at radius 2 is 2.08 bits per heavy atom. The minimum absolute atomic E-state index is 0. The largest absolute Gasteiger partial charge is 0.304 e. The molecular formula is C17H21ClN6OS. The van der Waals surface area contributed by atoms with Crippen LogP contribution in [0.15, 0.2) is 47.0 Å². The van der Waals surface area contributed by atoms with Gasteiger partial charge in [0.25, 0.3) is 5.56 Å². The summed E-state index contributed by atoms with van der Waals surface area (Å²) in [5.41, 5.74) is 1.32. The summed E-state index contributed by atoms with van der Waals surface area (Å²) in [6.07, 6.45) is 5.17. The van der Waals surface area contributed by atoms with E-state index < -0.39 is 0 Å². The van der Waals surface area contributed by atoms with Gasteiger partial charge in [0.2, 0.25) is 0 Å². The number of hydrogen-bond donors (Lipinski definition) is 0. The number of rotatable bonds is 6. The highest BCUT2D eigenvalue weighted by Gasteiger charge is 2.17. The first-order valence-corrected chi connectivity index (χ1v) is 9.02. The Balaban J connectivity index is 0.00000243. The summed E-state index contributed by atoms with van der Waals surface area (Å²) >= 11 is 1.43. The summed E-state index contributed by atoms with van der Waals surface area (Å²) in [4.78, 5) is 28.3. The van der Waals surface area contributed by atoms with Gasteiger partial charge >= 0.3 is 0 Å². The van der Waals surface area contributed by atoms with Crippen LogP contribution in [0, 0.1) is 0 Å². The Kier molecular flexibility index (Phi) is 6.57. The van der Waals surface area contributed by atoms with Gasteiger partial charge in [-0.3, -0.25) is 4.79 Å². The fourth-order valence-corrected chi connectivity index (χ4v) is 2.96. The molecule has 0 saturated carbocycles. The molecular weight excluding hydrogens is 372 g/mol. The van der Waals surface area contributed by atoms with E-state index in [4.69, 9.17) is 4.98 Å². The van der Waals surface area contributed by atoms with E-state index in [2.05, 4.69) is 16.5 Å². The fraction of sp³-hybridized carbons (Fsp3) is 0.294. The van der Waals surface area contributed by atoms with E-state index in [1.54, 1.807) is 21.6 Å². The topological polar surface area (TPSA) is 68.8 Å². The van der Waals surface area contributed by atoms with Crippen molar-refractivity contribution in [3.8, 4) is 5.82 Å². The molecule has 138 valence electrons. The van der Waals surface area contributed by atoms with Crippen LogP contribution in [0.3, 0.4) is 0 Å². The number of allylic oxidation sites excluding steroid dienone is 1. The lowest BCUT2D eigenvalue weighted by Gasteiger charge is -2.13. The SMILES string of the molecule is C=CCn1c(=O)c2cnc(SC)nc2n1-c1cccc(CN(C)C)n1.Cl. The van der Waals surface area contributed by atoms with Crippen LogP contribution in [-0.2, 0) is 13.1 Å². The third-order valence-corrected chi connectivity index (χ3v) is 4.19. The highest BCUT2D eigenvalue weighted by Crippen LogP contribution is 2.17. The van der Waals surface area contributed by atoms with Gasteiger partial charge in [-0.25, -0.2) is 24.3 Å². The third kappa shape index (κ3) is 3.82. The summed E-state index contributed by atoms with van der Waals surface area (Å²) in [5.74, 6) is 0.652. The molecule has 26 heavy (non-hydrogen) atoms. The zero-order valence-electron chi connectivity index (χ0n) is 14.9. The van der Waals surface area contributed by atoms with Crippen LogP contribution >= 0.6 is 24.2 Å². The molecule has 0 N–H and O–H groups in total. The van der Waals surface area contributed by atoms with Crippen LogP contribution in [0.2, 0.25) is 0 Å². The molecule has 0 bridgehead atoms. The Morgan fingerprint density at radius 3 is 2.73 bits per heavy atom. The predicted molar refractivity (Wildman–Crippen MR) is 108 cm³/mol. The van der Waals surface area contributed by atoms with Crippen molar-refractivity contribution in [2.24, 2.45) is 0 Å². The van der Waals surface area contributed by atoms with E-state index >= 15 is 0 Å². The first-order chi connectivity index (χ1) is 12.0. The Bertz CT molecular complexity index is 981. The molecule has 0 fully saturated rings. The average molecular weight is 393 g/mol. The molecule has 0 spiro atoms. The second-order valence-electron chi connectivity index (χ2n) is 5.81. The maximum Gasteiger partial charge on any atom is 0.278 e. The van der Waals surface area contributed by atoms with Gasteiger partial charge in [0.15, 0.2) is 16.6 Å². The molecule has 0 atom stereocenters. The zero-order valence-corrected chi connectivity index (χ0v) is 16.5. The van der Waals surface area contributed by atoms with Crippen LogP contribution in [0.25, 0.3) is 16.9 Å². The molecule has 0 amide bonds. The summed E-state index contributed by atoms with van der Waals surface area (Å²) in [7, 11) is 3.98. The van der Waals surface area contributed by atoms with Gasteiger partial charge in [-0.05, 0) is 32.5 Å². The number of nitrogens with zero attached hydrogens (tertiary/aromatic N) is 6. The molecule has 0 aliphatic heterocycles. The Labute approximate surface area is 162 Å². The summed E-state index contributed by atoms with van der Waals surface area (Å²) in [6.45, 7) is 4.83. The maximum absolute atomic E-state index is 12.7. The van der Waals surface area contributed by atoms with E-state index in [-0.39, 0.29) is 18.0 Å². The van der Waals surface area contributed by atoms with Gasteiger partial charge < -0.3 is 4.90 Å². The molecule has 0 unspecified atom stereocenters. The summed E-state index contributed by atoms with van der Waals surface area (Å²) < 4.78 is 3.33. The highest BCUT2D eigenvalue weighted by atomic mass is 35.5. The first kappa shape index (κ1) is 20.2. The second-order valence-corrected chi connectivity index (χ2v) is 6.58. The van der Waals surface area contributed by atoms with Crippen LogP contribution in [-0.4, -0.2) is 49.6 Å². The van der Waals surface area contributed by atoms with E-state index in [1.165, 1.54) is 11.8 Å². The molecule has 0 saturated heterocycles. The molecule has 3 rings (SSSR count). The van der Waals surface area contributed by atoms with Crippen molar-refractivity contribution in [1.82, 2.24) is 29.2 Å². The number of thioether (sulfide) groups is 1. The van der Waals surface area contributed by atoms with Gasteiger partial charge in [0.1, 0.15) is 5.39 Å². The van der Waals surface area contributed by atoms with Crippen molar-refractivity contribution in [3.05, 3.63) is 53.1 Å². The Morgan fingerprint density at radius 1 is 1.31 bits per heavy atom. The molecule has 3 aromatic rings. The second kappa shape index (κ2) is 8.48. The Hall–Kier alpha value is -2.16. The number of fused-ring (bicyclic) bond motifs is 1. The number of halogens is 1. The minimum atomic E-state index is -0.151. The standard InChI is InChI=1S/C17H20N6OS.ClH/c1-5-9-22-16(24)13-10-18-17(25-4)20-15(13)23(22)14-8-6-7-12(19-14)11-21(2)3;/h5-8,10H,1,9,11H2,2-4H3;1H. The van der Waals surface area contributed by atoms with E-state index in [0.29, 0.717) is 35.1 Å². The van der Waals surface area contributed by atoms with Gasteiger partial charge in [0, 0.05) is 12.7 Å². The van der Waals surface area contributed by atoms with Gasteiger partial charge in [-0.2, -0.15) is 0 Å². The van der Waals surface area contributed by atoms with Crippen molar-refractivity contribution >= 4 is 35.2 Å².